The number of Topliss-reactive ketones (excluding diaryl/α,β-unsaturated/α-hetero) is 1. The van der Waals surface area contributed by atoms with Crippen molar-refractivity contribution in [3.63, 3.8) is 0 Å². The molecule has 4 atom stereocenters. The summed E-state index contributed by atoms with van der Waals surface area (Å²) in [5.74, 6) is -4.09. The van der Waals surface area contributed by atoms with E-state index in [0.29, 0.717) is 12.2 Å². The summed E-state index contributed by atoms with van der Waals surface area (Å²) in [6, 6.07) is -1.42. The highest BCUT2D eigenvalue weighted by molar-refractivity contribution is 7.90. The quantitative estimate of drug-likeness (QED) is 0.239. The van der Waals surface area contributed by atoms with Crippen LogP contribution in [0.25, 0.3) is 0 Å². The van der Waals surface area contributed by atoms with Crippen molar-refractivity contribution in [1.82, 2.24) is 21.3 Å². The van der Waals surface area contributed by atoms with Gasteiger partial charge in [0.1, 0.15) is 33.7 Å². The van der Waals surface area contributed by atoms with Crippen LogP contribution in [-0.4, -0.2) is 79.9 Å². The zero-order chi connectivity index (χ0) is 30.9. The van der Waals surface area contributed by atoms with Gasteiger partial charge in [-0.3, -0.25) is 28.8 Å². The number of nitrogens with two attached hydrogens (primary N) is 1. The van der Waals surface area contributed by atoms with Gasteiger partial charge >= 0.3 is 0 Å². The van der Waals surface area contributed by atoms with Crippen LogP contribution in [0.3, 0.4) is 0 Å². The topological polar surface area (TPSA) is 224 Å². The number of carbonyl (C=O) groups is 6. The molecule has 1 aliphatic carbocycles. The molecule has 0 saturated heterocycles. The Morgan fingerprint density at radius 1 is 0.929 bits per heavy atom. The standard InChI is InChI=1S/C27H37N5O9S/c1-42(39,40)13-11-18-22(33)6-2-5-19(25(28)36)29-23(34)9-10-24(35)30-20(14-16-7-8-16)26(37)32-21(27(38)31-18)15-17-4-3-12-41-17/h3-4,9-10,12,16,18-21H,2,5-8,11,13-15H2,1H3,(H2,28,36)(H,29,34)(H,30,35)(H,31,38)(H,32,37). The van der Waals surface area contributed by atoms with Gasteiger partial charge in [-0.2, -0.15) is 0 Å². The number of carbonyl (C=O) groups excluding carboxylic acids is 6. The Morgan fingerprint density at radius 3 is 2.17 bits per heavy atom. The zero-order valence-corrected chi connectivity index (χ0v) is 24.1. The smallest absolute Gasteiger partial charge is 0.244 e. The number of furan rings is 1. The maximum Gasteiger partial charge on any atom is 0.244 e. The second-order valence-corrected chi connectivity index (χ2v) is 13.0. The van der Waals surface area contributed by atoms with Crippen LogP contribution in [0, 0.1) is 5.92 Å². The first-order chi connectivity index (χ1) is 19.8. The molecule has 1 aromatic heterocycles. The van der Waals surface area contributed by atoms with Crippen LogP contribution < -0.4 is 27.0 Å². The molecule has 1 fully saturated rings. The molecule has 4 unspecified atom stereocenters. The van der Waals surface area contributed by atoms with Crippen molar-refractivity contribution >= 4 is 45.2 Å². The summed E-state index contributed by atoms with van der Waals surface area (Å²) in [6.07, 6.45) is 5.87. The van der Waals surface area contributed by atoms with Crippen LogP contribution in [0.15, 0.2) is 35.0 Å². The molecule has 5 amide bonds. The molecule has 14 nitrogen and oxygen atoms in total. The molecule has 42 heavy (non-hydrogen) atoms. The van der Waals surface area contributed by atoms with Gasteiger partial charge in [0.25, 0.3) is 0 Å². The van der Waals surface area contributed by atoms with E-state index in [1.807, 2.05) is 0 Å². The first-order valence-electron chi connectivity index (χ1n) is 13.7. The minimum atomic E-state index is -3.49. The number of nitrogens with one attached hydrogen (secondary N) is 4. The van der Waals surface area contributed by atoms with Crippen molar-refractivity contribution in [3.05, 3.63) is 36.3 Å². The summed E-state index contributed by atoms with van der Waals surface area (Å²) in [4.78, 5) is 76.8. The summed E-state index contributed by atoms with van der Waals surface area (Å²) in [7, 11) is -3.49. The number of amides is 5. The second-order valence-electron chi connectivity index (χ2n) is 10.7. The van der Waals surface area contributed by atoms with Crippen LogP contribution in [0.2, 0.25) is 0 Å². The lowest BCUT2D eigenvalue weighted by Crippen LogP contribution is -2.56. The van der Waals surface area contributed by atoms with E-state index in [4.69, 9.17) is 10.2 Å². The largest absolute Gasteiger partial charge is 0.469 e. The summed E-state index contributed by atoms with van der Waals surface area (Å²) in [6.45, 7) is 0. The molecule has 15 heteroatoms. The van der Waals surface area contributed by atoms with E-state index in [1.54, 1.807) is 12.1 Å². The molecule has 6 N–H and O–H groups in total. The lowest BCUT2D eigenvalue weighted by molar-refractivity contribution is -0.133. The Balaban J connectivity index is 1.92. The zero-order valence-electron chi connectivity index (χ0n) is 23.3. The third-order valence-electron chi connectivity index (χ3n) is 6.96. The highest BCUT2D eigenvalue weighted by Crippen LogP contribution is 2.33. The third kappa shape index (κ3) is 11.1. The van der Waals surface area contributed by atoms with Crippen LogP contribution in [-0.2, 0) is 45.0 Å². The maximum absolute atomic E-state index is 13.5. The minimum absolute atomic E-state index is 0.0137. The molecule has 0 bridgehead atoms. The van der Waals surface area contributed by atoms with E-state index in [9.17, 15) is 37.2 Å². The van der Waals surface area contributed by atoms with Gasteiger partial charge in [0, 0.05) is 31.2 Å². The molecule has 2 aliphatic rings. The van der Waals surface area contributed by atoms with Gasteiger partial charge in [0.15, 0.2) is 5.78 Å². The summed E-state index contributed by atoms with van der Waals surface area (Å²) < 4.78 is 29.1. The summed E-state index contributed by atoms with van der Waals surface area (Å²) in [5, 5.41) is 10.2. The first kappa shape index (κ1) is 32.5. The average Bonchev–Trinajstić information content (AvgIpc) is 3.58. The predicted molar refractivity (Wildman–Crippen MR) is 149 cm³/mol. The van der Waals surface area contributed by atoms with Gasteiger partial charge < -0.3 is 31.4 Å². The predicted octanol–water partition coefficient (Wildman–Crippen LogP) is -1.21. The monoisotopic (exact) mass is 607 g/mol. The van der Waals surface area contributed by atoms with Crippen molar-refractivity contribution in [3.8, 4) is 0 Å². The van der Waals surface area contributed by atoms with Gasteiger partial charge in [-0.25, -0.2) is 8.42 Å². The van der Waals surface area contributed by atoms with Crippen LogP contribution in [0.5, 0.6) is 0 Å². The normalized spacial score (nSPS) is 25.4. The van der Waals surface area contributed by atoms with Gasteiger partial charge in [-0.05, 0) is 43.7 Å². The Morgan fingerprint density at radius 2 is 1.57 bits per heavy atom. The highest BCUT2D eigenvalue weighted by Gasteiger charge is 2.34. The van der Waals surface area contributed by atoms with E-state index in [1.165, 1.54) is 6.26 Å². The third-order valence-corrected chi connectivity index (χ3v) is 7.94. The molecule has 1 aromatic rings. The number of hydrogen-bond donors (Lipinski definition) is 5. The molecule has 1 aliphatic heterocycles. The van der Waals surface area contributed by atoms with Crippen LogP contribution in [0.4, 0.5) is 0 Å². The van der Waals surface area contributed by atoms with Gasteiger partial charge in [0.05, 0.1) is 18.1 Å². The Kier molecular flexibility index (Phi) is 11.4. The van der Waals surface area contributed by atoms with Crippen molar-refractivity contribution in [2.24, 2.45) is 11.7 Å². The number of sulfone groups is 1. The van der Waals surface area contributed by atoms with Gasteiger partial charge in [-0.15, -0.1) is 0 Å². The molecule has 2 heterocycles. The number of ketones is 1. The maximum atomic E-state index is 13.5. The lowest BCUT2D eigenvalue weighted by Gasteiger charge is -2.25. The molecule has 0 spiro atoms. The molecule has 3 rings (SSSR count). The Bertz CT molecular complexity index is 1300. The molecular weight excluding hydrogens is 570 g/mol. The second kappa shape index (κ2) is 14.8. The number of primary amides is 1. The number of hydrogen-bond acceptors (Lipinski definition) is 9. The van der Waals surface area contributed by atoms with Crippen LogP contribution in [0.1, 0.15) is 50.7 Å². The number of rotatable bonds is 8. The lowest BCUT2D eigenvalue weighted by atomic mass is 10.0. The SMILES string of the molecule is CS(=O)(=O)CCC1NC(=O)C(Cc2ccco2)NC(=O)C(CC2CC2)NC(=O)C=CC(=O)NC(C(N)=O)CCCC1=O. The van der Waals surface area contributed by atoms with Crippen LogP contribution >= 0.6 is 0 Å². The van der Waals surface area contributed by atoms with Crippen molar-refractivity contribution in [1.29, 1.82) is 0 Å². The molecular formula is C27H37N5O9S. The molecule has 1 saturated carbocycles. The molecule has 230 valence electrons. The van der Waals surface area contributed by atoms with Crippen molar-refractivity contribution in [2.75, 3.05) is 12.0 Å². The fourth-order valence-electron chi connectivity index (χ4n) is 4.48. The fourth-order valence-corrected chi connectivity index (χ4v) is 5.14. The molecule has 0 aromatic carbocycles. The van der Waals surface area contributed by atoms with E-state index in [0.717, 1.165) is 31.2 Å². The minimum Gasteiger partial charge on any atom is -0.469 e. The van der Waals surface area contributed by atoms with Gasteiger partial charge in [-0.1, -0.05) is 12.8 Å². The van der Waals surface area contributed by atoms with E-state index in [2.05, 4.69) is 21.3 Å². The van der Waals surface area contributed by atoms with E-state index >= 15 is 0 Å². The Labute approximate surface area is 243 Å². The summed E-state index contributed by atoms with van der Waals surface area (Å²) in [5.41, 5.74) is 5.39. The fraction of sp³-hybridized carbons (Fsp3) is 0.556. The van der Waals surface area contributed by atoms with Gasteiger partial charge in [0.2, 0.25) is 29.5 Å². The van der Waals surface area contributed by atoms with Crippen molar-refractivity contribution < 1.29 is 41.6 Å². The summed E-state index contributed by atoms with van der Waals surface area (Å²) >= 11 is 0. The van der Waals surface area contributed by atoms with Crippen molar-refractivity contribution in [2.45, 2.75) is 75.5 Å². The Hall–Kier alpha value is -4.01. The average molecular weight is 608 g/mol. The molecule has 0 radical (unpaired) electrons. The first-order valence-corrected chi connectivity index (χ1v) is 15.8. The van der Waals surface area contributed by atoms with E-state index in [-0.39, 0.29) is 43.8 Å². The van der Waals surface area contributed by atoms with E-state index < -0.39 is 69.3 Å². The highest BCUT2D eigenvalue weighted by atomic mass is 32.2.